The molecule has 2 aliphatic heterocycles. The molecule has 13 heteroatoms. The molecule has 47 heavy (non-hydrogen) atoms. The Bertz CT molecular complexity index is 1880. The van der Waals surface area contributed by atoms with Crippen molar-refractivity contribution in [2.45, 2.75) is 55.9 Å². The highest BCUT2D eigenvalue weighted by molar-refractivity contribution is 8.00. The first-order valence-electron chi connectivity index (χ1n) is 15.1. The predicted octanol–water partition coefficient (Wildman–Crippen LogP) is 8.27. The van der Waals surface area contributed by atoms with Gasteiger partial charge in [-0.1, -0.05) is 65.4 Å². The van der Waals surface area contributed by atoms with Crippen molar-refractivity contribution in [3.05, 3.63) is 92.5 Å². The van der Waals surface area contributed by atoms with Crippen molar-refractivity contribution in [2.75, 3.05) is 18.1 Å². The number of hydrogen-bond donors (Lipinski definition) is 1. The number of halogens is 2. The maximum absolute atomic E-state index is 13.8. The number of hydrogen-bond acceptors (Lipinski definition) is 10. The lowest BCUT2D eigenvalue weighted by atomic mass is 9.94. The number of aliphatic hydroxyl groups excluding tert-OH is 1. The number of thioether (sulfide) groups is 1. The van der Waals surface area contributed by atoms with E-state index < -0.39 is 17.7 Å². The van der Waals surface area contributed by atoms with Crippen LogP contribution in [0.3, 0.4) is 0 Å². The van der Waals surface area contributed by atoms with Gasteiger partial charge in [0.1, 0.15) is 17.6 Å². The molecule has 1 fully saturated rings. The quantitative estimate of drug-likeness (QED) is 0.0540. The first-order valence-corrected chi connectivity index (χ1v) is 17.6. The second-order valence-corrected chi connectivity index (χ2v) is 14.0. The monoisotopic (exact) mass is 711 g/mol. The molecule has 1 N–H and O–H groups in total. The minimum Gasteiger partial charge on any atom is -0.507 e. The highest BCUT2D eigenvalue weighted by Crippen LogP contribution is 2.46. The molecule has 0 aliphatic carbocycles. The molecule has 0 bridgehead atoms. The number of nitrogens with zero attached hydrogens (tertiary/aromatic N) is 3. The van der Waals surface area contributed by atoms with E-state index in [4.69, 9.17) is 37.4 Å². The van der Waals surface area contributed by atoms with Gasteiger partial charge in [-0.05, 0) is 79.4 Å². The summed E-state index contributed by atoms with van der Waals surface area (Å²) in [5.74, 6) is 0.267. The van der Waals surface area contributed by atoms with Crippen LogP contribution in [0.1, 0.15) is 55.5 Å². The van der Waals surface area contributed by atoms with Gasteiger partial charge in [-0.25, -0.2) is 0 Å². The number of ether oxygens (including phenoxy) is 3. The molecule has 0 radical (unpaired) electrons. The zero-order valence-electron chi connectivity index (χ0n) is 25.8. The first-order chi connectivity index (χ1) is 22.7. The molecular formula is C34H31Cl2N3O6S2. The summed E-state index contributed by atoms with van der Waals surface area (Å²) in [6.45, 7) is 6.69. The standard InChI is InChI=1S/C34H31Cl2N3O6S2/c1-4-12-44-26-11-7-19(15-27(26)43-5-2)29-28(30(40)20-8-10-25-22(14-20)13-18(3)45-25)31(41)32(42)39(29)33-37-38-34(47-33)46-17-21-6-9-23(35)16-24(21)36/h6-11,14-16,18,29,40H,4-5,12-13,17H2,1-3H3/t18-,29-/m0/s1. The van der Waals surface area contributed by atoms with Crippen molar-refractivity contribution < 1.29 is 28.9 Å². The summed E-state index contributed by atoms with van der Waals surface area (Å²) in [7, 11) is 0. The molecule has 2 atom stereocenters. The number of carbonyl (C=O) groups is 2. The summed E-state index contributed by atoms with van der Waals surface area (Å²) in [5, 5.41) is 21.6. The van der Waals surface area contributed by atoms with Crippen molar-refractivity contribution >= 4 is 68.9 Å². The molecule has 1 amide bonds. The normalized spacial score (nSPS) is 18.4. The minimum atomic E-state index is -1.02. The Labute approximate surface area is 290 Å². The average molecular weight is 713 g/mol. The Morgan fingerprint density at radius 3 is 2.66 bits per heavy atom. The highest BCUT2D eigenvalue weighted by Gasteiger charge is 2.48. The van der Waals surface area contributed by atoms with Gasteiger partial charge in [0.15, 0.2) is 15.8 Å². The number of amides is 1. The van der Waals surface area contributed by atoms with Crippen LogP contribution in [0.2, 0.25) is 10.0 Å². The molecule has 0 spiro atoms. The topological polar surface area (TPSA) is 111 Å². The lowest BCUT2D eigenvalue weighted by Gasteiger charge is -2.23. The molecule has 4 aromatic rings. The van der Waals surface area contributed by atoms with Crippen LogP contribution in [0, 0.1) is 0 Å². The van der Waals surface area contributed by atoms with Gasteiger partial charge in [0.25, 0.3) is 5.78 Å². The van der Waals surface area contributed by atoms with E-state index in [1.165, 1.54) is 28.0 Å². The third-order valence-electron chi connectivity index (χ3n) is 7.63. The van der Waals surface area contributed by atoms with E-state index in [-0.39, 0.29) is 22.6 Å². The van der Waals surface area contributed by atoms with Crippen LogP contribution in [-0.2, 0) is 21.8 Å². The fourth-order valence-corrected chi connectivity index (χ4v) is 7.93. The van der Waals surface area contributed by atoms with Crippen LogP contribution in [0.5, 0.6) is 17.2 Å². The van der Waals surface area contributed by atoms with Crippen molar-refractivity contribution in [3.63, 3.8) is 0 Å². The zero-order valence-corrected chi connectivity index (χ0v) is 28.9. The molecule has 0 saturated carbocycles. The number of anilines is 1. The molecule has 1 aromatic heterocycles. The molecule has 2 aliphatic rings. The van der Waals surface area contributed by atoms with Gasteiger partial charge >= 0.3 is 5.91 Å². The predicted molar refractivity (Wildman–Crippen MR) is 184 cm³/mol. The third kappa shape index (κ3) is 6.80. The van der Waals surface area contributed by atoms with Crippen molar-refractivity contribution in [1.82, 2.24) is 10.2 Å². The fraction of sp³-hybridized carbons (Fsp3) is 0.294. The molecule has 9 nitrogen and oxygen atoms in total. The second-order valence-electron chi connectivity index (χ2n) is 11.0. The van der Waals surface area contributed by atoms with E-state index in [1.54, 1.807) is 48.5 Å². The molecule has 3 aromatic carbocycles. The van der Waals surface area contributed by atoms with Gasteiger partial charge < -0.3 is 19.3 Å². The van der Waals surface area contributed by atoms with Crippen molar-refractivity contribution in [2.24, 2.45) is 0 Å². The number of aromatic nitrogens is 2. The largest absolute Gasteiger partial charge is 0.507 e. The van der Waals surface area contributed by atoms with E-state index in [2.05, 4.69) is 10.2 Å². The van der Waals surface area contributed by atoms with Crippen LogP contribution in [0.15, 0.2) is 64.5 Å². The third-order valence-corrected chi connectivity index (χ3v) is 10.3. The summed E-state index contributed by atoms with van der Waals surface area (Å²) >= 11 is 15.0. The molecule has 0 unspecified atom stereocenters. The van der Waals surface area contributed by atoms with Gasteiger partial charge in [-0.2, -0.15) is 0 Å². The SMILES string of the molecule is CCCOc1ccc([C@H]2C(=C(O)c3ccc4c(c3)C[C@H](C)O4)C(=O)C(=O)N2c2nnc(SCc3ccc(Cl)cc3Cl)s2)cc1OCC. The van der Waals surface area contributed by atoms with E-state index in [0.717, 1.165) is 23.3 Å². The fourth-order valence-electron chi connectivity index (χ4n) is 5.50. The highest BCUT2D eigenvalue weighted by atomic mass is 35.5. The van der Waals surface area contributed by atoms with Crippen LogP contribution in [0.4, 0.5) is 5.13 Å². The van der Waals surface area contributed by atoms with Gasteiger partial charge in [0.05, 0.1) is 24.8 Å². The van der Waals surface area contributed by atoms with Crippen molar-refractivity contribution in [1.29, 1.82) is 0 Å². The number of aliphatic hydroxyl groups is 1. The summed E-state index contributed by atoms with van der Waals surface area (Å²) < 4.78 is 18.2. The average Bonchev–Trinajstić information content (AvgIpc) is 3.74. The van der Waals surface area contributed by atoms with Gasteiger partial charge in [-0.15, -0.1) is 10.2 Å². The summed E-state index contributed by atoms with van der Waals surface area (Å²) in [6.07, 6.45) is 1.47. The molecule has 244 valence electrons. The van der Waals surface area contributed by atoms with E-state index in [9.17, 15) is 14.7 Å². The second kappa shape index (κ2) is 14.1. The zero-order chi connectivity index (χ0) is 33.2. The number of benzene rings is 3. The Hall–Kier alpha value is -3.77. The Morgan fingerprint density at radius 2 is 1.89 bits per heavy atom. The van der Waals surface area contributed by atoms with Crippen LogP contribution in [0.25, 0.3) is 5.76 Å². The minimum absolute atomic E-state index is 0.00131. The lowest BCUT2D eigenvalue weighted by molar-refractivity contribution is -0.132. The summed E-state index contributed by atoms with van der Waals surface area (Å²) in [4.78, 5) is 28.9. The van der Waals surface area contributed by atoms with Crippen molar-refractivity contribution in [3.8, 4) is 17.2 Å². The maximum Gasteiger partial charge on any atom is 0.301 e. The maximum atomic E-state index is 13.8. The first kappa shape index (κ1) is 33.1. The summed E-state index contributed by atoms with van der Waals surface area (Å²) in [5.41, 5.74) is 2.65. The Kier molecular flexibility index (Phi) is 9.98. The summed E-state index contributed by atoms with van der Waals surface area (Å²) in [6, 6.07) is 14.8. The molecule has 6 rings (SSSR count). The van der Waals surface area contributed by atoms with Crippen LogP contribution in [-0.4, -0.2) is 46.3 Å². The lowest BCUT2D eigenvalue weighted by Crippen LogP contribution is -2.29. The Morgan fingerprint density at radius 1 is 1.06 bits per heavy atom. The van der Waals surface area contributed by atoms with E-state index in [1.807, 2.05) is 26.8 Å². The van der Waals surface area contributed by atoms with Gasteiger partial charge in [0.2, 0.25) is 5.13 Å². The molecular weight excluding hydrogens is 681 g/mol. The Balaban J connectivity index is 1.42. The molecule has 1 saturated heterocycles. The number of ketones is 1. The van der Waals surface area contributed by atoms with E-state index in [0.29, 0.717) is 62.4 Å². The van der Waals surface area contributed by atoms with Crippen LogP contribution < -0.4 is 19.1 Å². The smallest absolute Gasteiger partial charge is 0.301 e. The van der Waals surface area contributed by atoms with Gasteiger partial charge in [0, 0.05) is 27.8 Å². The van der Waals surface area contributed by atoms with Gasteiger partial charge in [-0.3, -0.25) is 14.5 Å². The molecule has 3 heterocycles. The number of fused-ring (bicyclic) bond motifs is 1. The number of rotatable bonds is 11. The number of carbonyl (C=O) groups excluding carboxylic acids is 2. The number of Topliss-reactive ketones (excluding diaryl/α,β-unsaturated/α-hetero) is 1. The van der Waals surface area contributed by atoms with E-state index >= 15 is 0 Å². The van der Waals surface area contributed by atoms with Crippen LogP contribution >= 0.6 is 46.3 Å².